The molecular weight excluding hydrogens is 251 g/mol. The fourth-order valence-corrected chi connectivity index (χ4v) is 1.83. The van der Waals surface area contributed by atoms with E-state index < -0.39 is 23.6 Å². The molecule has 0 bridgehead atoms. The van der Waals surface area contributed by atoms with Crippen molar-refractivity contribution in [3.05, 3.63) is 23.5 Å². The molecular formula is C13H19FN2O3. The molecule has 1 aromatic rings. The van der Waals surface area contributed by atoms with E-state index in [2.05, 4.69) is 5.32 Å². The van der Waals surface area contributed by atoms with Crippen LogP contribution in [-0.2, 0) is 0 Å². The fraction of sp³-hybridized carbons (Fsp3) is 0.462. The maximum Gasteiger partial charge on any atom is 0.340 e. The van der Waals surface area contributed by atoms with E-state index in [0.29, 0.717) is 12.3 Å². The molecule has 1 atom stereocenters. The van der Waals surface area contributed by atoms with Crippen molar-refractivity contribution >= 4 is 17.3 Å². The Hall–Kier alpha value is -1.82. The van der Waals surface area contributed by atoms with Gasteiger partial charge in [0.2, 0.25) is 0 Å². The number of anilines is 2. The lowest BCUT2D eigenvalue weighted by Gasteiger charge is -2.16. The van der Waals surface area contributed by atoms with Crippen molar-refractivity contribution in [1.29, 1.82) is 0 Å². The molecule has 0 spiro atoms. The molecule has 0 amide bonds. The van der Waals surface area contributed by atoms with E-state index in [1.807, 2.05) is 13.8 Å². The number of benzene rings is 1. The second-order valence-electron chi connectivity index (χ2n) is 4.85. The summed E-state index contributed by atoms with van der Waals surface area (Å²) in [5.41, 5.74) is 4.90. The van der Waals surface area contributed by atoms with Gasteiger partial charge in [-0.25, -0.2) is 9.18 Å². The van der Waals surface area contributed by atoms with Gasteiger partial charge in [-0.2, -0.15) is 0 Å². The molecule has 0 aliphatic heterocycles. The van der Waals surface area contributed by atoms with Gasteiger partial charge in [-0.1, -0.05) is 13.8 Å². The van der Waals surface area contributed by atoms with Crippen LogP contribution in [0.1, 0.15) is 30.6 Å². The number of hydrogen-bond donors (Lipinski definition) is 4. The highest BCUT2D eigenvalue weighted by atomic mass is 19.1. The third-order valence-corrected chi connectivity index (χ3v) is 2.68. The Morgan fingerprint density at radius 1 is 1.47 bits per heavy atom. The van der Waals surface area contributed by atoms with Gasteiger partial charge in [-0.15, -0.1) is 0 Å². The minimum absolute atomic E-state index is 0.184. The monoisotopic (exact) mass is 270 g/mol. The number of carbonyl (C=O) groups is 1. The Balaban J connectivity index is 2.84. The molecule has 0 saturated carbocycles. The first-order valence-corrected chi connectivity index (χ1v) is 6.06. The molecule has 106 valence electrons. The van der Waals surface area contributed by atoms with Crippen LogP contribution < -0.4 is 11.1 Å². The van der Waals surface area contributed by atoms with Crippen LogP contribution in [0.2, 0.25) is 0 Å². The number of rotatable bonds is 6. The molecule has 1 aromatic carbocycles. The average Bonchev–Trinajstić information content (AvgIpc) is 2.29. The maximum atomic E-state index is 13.2. The number of carboxylic acid groups (broad SMARTS) is 1. The predicted octanol–water partition coefficient (Wildman–Crippen LogP) is 1.92. The van der Waals surface area contributed by atoms with E-state index in [4.69, 9.17) is 10.8 Å². The van der Waals surface area contributed by atoms with E-state index in [1.54, 1.807) is 0 Å². The highest BCUT2D eigenvalue weighted by molar-refractivity contribution is 6.00. The van der Waals surface area contributed by atoms with Crippen molar-refractivity contribution in [1.82, 2.24) is 0 Å². The summed E-state index contributed by atoms with van der Waals surface area (Å²) in [6.45, 7) is 4.13. The Kier molecular flexibility index (Phi) is 5.11. The second-order valence-corrected chi connectivity index (χ2v) is 4.85. The summed E-state index contributed by atoms with van der Waals surface area (Å²) in [5.74, 6) is -1.75. The highest BCUT2D eigenvalue weighted by Crippen LogP contribution is 2.25. The van der Waals surface area contributed by atoms with Gasteiger partial charge >= 0.3 is 5.97 Å². The highest BCUT2D eigenvalue weighted by Gasteiger charge is 2.18. The van der Waals surface area contributed by atoms with Crippen LogP contribution in [-0.4, -0.2) is 28.8 Å². The van der Waals surface area contributed by atoms with Gasteiger partial charge < -0.3 is 21.3 Å². The molecule has 0 aliphatic carbocycles. The van der Waals surface area contributed by atoms with Crippen molar-refractivity contribution in [3.63, 3.8) is 0 Å². The van der Waals surface area contributed by atoms with Crippen LogP contribution >= 0.6 is 0 Å². The summed E-state index contributed by atoms with van der Waals surface area (Å²) in [6, 6.07) is 2.40. The van der Waals surface area contributed by atoms with Crippen molar-refractivity contribution in [2.45, 2.75) is 26.4 Å². The van der Waals surface area contributed by atoms with Crippen molar-refractivity contribution < 1.29 is 19.4 Å². The summed E-state index contributed by atoms with van der Waals surface area (Å²) in [6.07, 6.45) is -0.0144. The number of aliphatic hydroxyl groups is 1. The van der Waals surface area contributed by atoms with Crippen LogP contribution in [0.15, 0.2) is 12.1 Å². The standard InChI is InChI=1S/C13H19FN2O3/c1-7(2)5-8(17)6-16-10-4-3-9(14)12(15)11(10)13(18)19/h3-4,7-8,16-17H,5-6,15H2,1-2H3,(H,18,19). The Labute approximate surface area is 111 Å². The topological polar surface area (TPSA) is 95.6 Å². The van der Waals surface area contributed by atoms with Gasteiger partial charge in [0.05, 0.1) is 17.5 Å². The molecule has 0 aromatic heterocycles. The number of nitrogen functional groups attached to an aromatic ring is 1. The minimum atomic E-state index is -1.31. The van der Waals surface area contributed by atoms with Crippen LogP contribution in [0.3, 0.4) is 0 Å². The summed E-state index contributed by atoms with van der Waals surface area (Å²) in [4.78, 5) is 11.1. The van der Waals surface area contributed by atoms with Crippen molar-refractivity contribution in [2.24, 2.45) is 5.92 Å². The van der Waals surface area contributed by atoms with Gasteiger partial charge in [0.1, 0.15) is 11.4 Å². The average molecular weight is 270 g/mol. The number of aliphatic hydroxyl groups excluding tert-OH is 1. The molecule has 1 rings (SSSR count). The largest absolute Gasteiger partial charge is 0.478 e. The fourth-order valence-electron chi connectivity index (χ4n) is 1.83. The van der Waals surface area contributed by atoms with E-state index in [0.717, 1.165) is 6.07 Å². The van der Waals surface area contributed by atoms with Gasteiger partial charge in [0.15, 0.2) is 0 Å². The number of halogens is 1. The number of carboxylic acids is 1. The van der Waals surface area contributed by atoms with E-state index in [1.165, 1.54) is 6.07 Å². The van der Waals surface area contributed by atoms with Gasteiger partial charge in [-0.05, 0) is 24.5 Å². The lowest BCUT2D eigenvalue weighted by atomic mass is 10.1. The van der Waals surface area contributed by atoms with E-state index in [-0.39, 0.29) is 17.8 Å². The first-order chi connectivity index (χ1) is 8.82. The lowest BCUT2D eigenvalue weighted by molar-refractivity contribution is 0.0698. The molecule has 0 radical (unpaired) electrons. The van der Waals surface area contributed by atoms with E-state index in [9.17, 15) is 14.3 Å². The quantitative estimate of drug-likeness (QED) is 0.592. The number of nitrogens with two attached hydrogens (primary N) is 1. The summed E-state index contributed by atoms with van der Waals surface area (Å²) >= 11 is 0. The predicted molar refractivity (Wildman–Crippen MR) is 71.7 cm³/mol. The first kappa shape index (κ1) is 15.2. The Bertz CT molecular complexity index is 463. The smallest absolute Gasteiger partial charge is 0.340 e. The van der Waals surface area contributed by atoms with Gasteiger partial charge in [-0.3, -0.25) is 0 Å². The molecule has 19 heavy (non-hydrogen) atoms. The first-order valence-electron chi connectivity index (χ1n) is 6.06. The third kappa shape index (κ3) is 4.10. The molecule has 0 saturated heterocycles. The molecule has 5 N–H and O–H groups in total. The second kappa shape index (κ2) is 6.38. The normalized spacial score (nSPS) is 12.5. The van der Waals surface area contributed by atoms with Crippen molar-refractivity contribution in [2.75, 3.05) is 17.6 Å². The molecule has 0 aliphatic rings. The minimum Gasteiger partial charge on any atom is -0.478 e. The molecule has 0 fully saturated rings. The number of hydrogen-bond acceptors (Lipinski definition) is 4. The SMILES string of the molecule is CC(C)CC(O)CNc1ccc(F)c(N)c1C(=O)O. The zero-order valence-electron chi connectivity index (χ0n) is 11.0. The number of nitrogens with one attached hydrogen (secondary N) is 1. The molecule has 0 heterocycles. The van der Waals surface area contributed by atoms with Crippen molar-refractivity contribution in [3.8, 4) is 0 Å². The van der Waals surface area contributed by atoms with Gasteiger partial charge in [0, 0.05) is 6.54 Å². The summed E-state index contributed by atoms with van der Waals surface area (Å²) < 4.78 is 13.2. The van der Waals surface area contributed by atoms with Gasteiger partial charge in [0.25, 0.3) is 0 Å². The number of aromatic carboxylic acids is 1. The molecule has 6 heteroatoms. The zero-order valence-corrected chi connectivity index (χ0v) is 11.0. The Morgan fingerprint density at radius 2 is 2.11 bits per heavy atom. The summed E-state index contributed by atoms with van der Waals surface area (Å²) in [5, 5.41) is 21.5. The van der Waals surface area contributed by atoms with Crippen LogP contribution in [0.4, 0.5) is 15.8 Å². The summed E-state index contributed by atoms with van der Waals surface area (Å²) in [7, 11) is 0. The van der Waals surface area contributed by atoms with Crippen LogP contribution in [0.5, 0.6) is 0 Å². The zero-order chi connectivity index (χ0) is 14.6. The molecule has 1 unspecified atom stereocenters. The maximum absolute atomic E-state index is 13.2. The van der Waals surface area contributed by atoms with E-state index >= 15 is 0 Å². The lowest BCUT2D eigenvalue weighted by Crippen LogP contribution is -2.22. The van der Waals surface area contributed by atoms with Crippen LogP contribution in [0, 0.1) is 11.7 Å². The third-order valence-electron chi connectivity index (χ3n) is 2.68. The molecule has 5 nitrogen and oxygen atoms in total. The van der Waals surface area contributed by atoms with Crippen LogP contribution in [0.25, 0.3) is 0 Å². The Morgan fingerprint density at radius 3 is 2.63 bits per heavy atom.